The van der Waals surface area contributed by atoms with Crippen LogP contribution in [0.1, 0.15) is 23.6 Å². The van der Waals surface area contributed by atoms with Crippen molar-refractivity contribution in [1.82, 2.24) is 4.90 Å². The molecule has 6 nitrogen and oxygen atoms in total. The van der Waals surface area contributed by atoms with E-state index in [1.807, 2.05) is 18.2 Å². The molecule has 6 heteroatoms. The van der Waals surface area contributed by atoms with E-state index in [1.54, 1.807) is 37.1 Å². The number of fused-ring (bicyclic) bond motifs is 1. The normalized spacial score (nSPS) is 14.0. The number of benzene rings is 2. The van der Waals surface area contributed by atoms with E-state index in [-0.39, 0.29) is 12.3 Å². The van der Waals surface area contributed by atoms with Crippen LogP contribution in [0.25, 0.3) is 0 Å². The molecule has 0 bridgehead atoms. The Hall–Kier alpha value is -3.02. The predicted molar refractivity (Wildman–Crippen MR) is 104 cm³/mol. The highest BCUT2D eigenvalue weighted by atomic mass is 16.5. The van der Waals surface area contributed by atoms with Crippen LogP contribution >= 0.6 is 0 Å². The fraction of sp³-hybridized carbons (Fsp3) is 0.364. The van der Waals surface area contributed by atoms with Gasteiger partial charge >= 0.3 is 5.97 Å². The zero-order valence-electron chi connectivity index (χ0n) is 16.4. The fourth-order valence-corrected chi connectivity index (χ4v) is 3.39. The van der Waals surface area contributed by atoms with Crippen LogP contribution in [-0.2, 0) is 33.7 Å². The van der Waals surface area contributed by atoms with Gasteiger partial charge in [-0.05, 0) is 42.2 Å². The summed E-state index contributed by atoms with van der Waals surface area (Å²) in [6.07, 6.45) is 0.0487. The van der Waals surface area contributed by atoms with E-state index in [4.69, 9.17) is 14.2 Å². The molecule has 2 aromatic carbocycles. The number of nitrogens with zero attached hydrogens (tertiary/aromatic N) is 1. The van der Waals surface area contributed by atoms with E-state index in [2.05, 4.69) is 6.07 Å². The van der Waals surface area contributed by atoms with E-state index >= 15 is 0 Å². The number of rotatable bonds is 6. The minimum Gasteiger partial charge on any atom is -0.493 e. The largest absolute Gasteiger partial charge is 0.493 e. The molecule has 0 N–H and O–H groups in total. The zero-order chi connectivity index (χ0) is 20.1. The lowest BCUT2D eigenvalue weighted by atomic mass is 9.99. The molecule has 1 unspecified atom stereocenters. The maximum absolute atomic E-state index is 12.7. The molecule has 0 spiro atoms. The first-order valence-corrected chi connectivity index (χ1v) is 9.27. The number of methoxy groups -OCH3 is 2. The van der Waals surface area contributed by atoms with Gasteiger partial charge in [0.15, 0.2) is 17.6 Å². The van der Waals surface area contributed by atoms with Gasteiger partial charge in [0.1, 0.15) is 0 Å². The van der Waals surface area contributed by atoms with Crippen molar-refractivity contribution < 1.29 is 23.8 Å². The van der Waals surface area contributed by atoms with Crippen LogP contribution in [0.15, 0.2) is 42.5 Å². The van der Waals surface area contributed by atoms with Gasteiger partial charge in [-0.3, -0.25) is 9.59 Å². The summed E-state index contributed by atoms with van der Waals surface area (Å²) >= 11 is 0. The number of hydrogen-bond acceptors (Lipinski definition) is 5. The summed E-state index contributed by atoms with van der Waals surface area (Å²) in [6.45, 7) is 2.80. The molecule has 0 aromatic heterocycles. The molecular weight excluding hydrogens is 358 g/mol. The molecule has 0 aliphatic carbocycles. The first-order valence-electron chi connectivity index (χ1n) is 9.27. The lowest BCUT2D eigenvalue weighted by molar-refractivity contribution is -0.159. The molecule has 0 saturated carbocycles. The van der Waals surface area contributed by atoms with Gasteiger partial charge in [0, 0.05) is 13.1 Å². The van der Waals surface area contributed by atoms with Crippen molar-refractivity contribution in [2.75, 3.05) is 20.8 Å². The molecule has 148 valence electrons. The van der Waals surface area contributed by atoms with E-state index in [1.165, 1.54) is 12.7 Å². The number of carbonyl (C=O) groups excluding carboxylic acids is 2. The van der Waals surface area contributed by atoms with Gasteiger partial charge in [-0.1, -0.05) is 30.3 Å². The van der Waals surface area contributed by atoms with Crippen LogP contribution in [0.2, 0.25) is 0 Å². The Labute approximate surface area is 165 Å². The zero-order valence-corrected chi connectivity index (χ0v) is 16.4. The van der Waals surface area contributed by atoms with Gasteiger partial charge < -0.3 is 19.1 Å². The van der Waals surface area contributed by atoms with E-state index in [0.29, 0.717) is 24.6 Å². The van der Waals surface area contributed by atoms with Crippen molar-refractivity contribution >= 4 is 11.9 Å². The third-order valence-electron chi connectivity index (χ3n) is 4.89. The second kappa shape index (κ2) is 8.78. The van der Waals surface area contributed by atoms with Gasteiger partial charge in [0.25, 0.3) is 5.91 Å². The highest BCUT2D eigenvalue weighted by Gasteiger charge is 2.27. The molecule has 0 saturated heterocycles. The van der Waals surface area contributed by atoms with Crippen molar-refractivity contribution in [2.24, 2.45) is 0 Å². The Balaban J connectivity index is 1.58. The van der Waals surface area contributed by atoms with Gasteiger partial charge in [-0.2, -0.15) is 0 Å². The topological polar surface area (TPSA) is 65.1 Å². The highest BCUT2D eigenvalue weighted by Crippen LogP contribution is 2.28. The minimum atomic E-state index is -0.821. The van der Waals surface area contributed by atoms with Gasteiger partial charge in [-0.25, -0.2) is 0 Å². The van der Waals surface area contributed by atoms with Crippen LogP contribution in [0.3, 0.4) is 0 Å². The predicted octanol–water partition coefficient (Wildman–Crippen LogP) is 2.76. The number of esters is 1. The summed E-state index contributed by atoms with van der Waals surface area (Å²) in [5, 5.41) is 0. The standard InChI is InChI=1S/C22H25NO5/c1-15(22(25)23-11-10-17-6-4-5-7-18(17)14-23)28-21(24)13-16-8-9-19(26-2)20(12-16)27-3/h4-9,12,15H,10-11,13-14H2,1-3H3. The van der Waals surface area contributed by atoms with Crippen LogP contribution in [0.5, 0.6) is 11.5 Å². The highest BCUT2D eigenvalue weighted by molar-refractivity contribution is 5.84. The van der Waals surface area contributed by atoms with Crippen LogP contribution < -0.4 is 9.47 Å². The molecule has 3 rings (SSSR count). The quantitative estimate of drug-likeness (QED) is 0.718. The van der Waals surface area contributed by atoms with Gasteiger partial charge in [0.05, 0.1) is 20.6 Å². The van der Waals surface area contributed by atoms with E-state index in [9.17, 15) is 9.59 Å². The maximum atomic E-state index is 12.7. The molecule has 1 aliphatic rings. The van der Waals surface area contributed by atoms with Gasteiger partial charge in [0.2, 0.25) is 0 Å². The molecule has 0 fully saturated rings. The Kier molecular flexibility index (Phi) is 6.19. The maximum Gasteiger partial charge on any atom is 0.311 e. The summed E-state index contributed by atoms with van der Waals surface area (Å²) in [4.78, 5) is 26.7. The van der Waals surface area contributed by atoms with Crippen molar-refractivity contribution in [3.05, 3.63) is 59.2 Å². The Morgan fingerprint density at radius 2 is 1.75 bits per heavy atom. The van der Waals surface area contributed by atoms with Crippen LogP contribution in [0, 0.1) is 0 Å². The molecule has 1 amide bonds. The Morgan fingerprint density at radius 1 is 1.04 bits per heavy atom. The molecule has 28 heavy (non-hydrogen) atoms. The number of carbonyl (C=O) groups is 2. The first-order chi connectivity index (χ1) is 13.5. The van der Waals surface area contributed by atoms with Crippen LogP contribution in [-0.4, -0.2) is 43.6 Å². The van der Waals surface area contributed by atoms with Gasteiger partial charge in [-0.15, -0.1) is 0 Å². The molecule has 0 radical (unpaired) electrons. The Bertz CT molecular complexity index is 864. The van der Waals surface area contributed by atoms with Crippen molar-refractivity contribution in [1.29, 1.82) is 0 Å². The summed E-state index contributed by atoms with van der Waals surface area (Å²) in [5.41, 5.74) is 3.14. The Morgan fingerprint density at radius 3 is 2.46 bits per heavy atom. The third-order valence-corrected chi connectivity index (χ3v) is 4.89. The smallest absolute Gasteiger partial charge is 0.311 e. The summed E-state index contributed by atoms with van der Waals surface area (Å²) in [5.74, 6) is 0.512. The van der Waals surface area contributed by atoms with Crippen molar-refractivity contribution in [2.45, 2.75) is 32.4 Å². The SMILES string of the molecule is COc1ccc(CC(=O)OC(C)C(=O)N2CCc3ccccc3C2)cc1OC. The molecule has 1 atom stereocenters. The first kappa shape index (κ1) is 19.7. The second-order valence-corrected chi connectivity index (χ2v) is 6.78. The van der Waals surface area contributed by atoms with Crippen LogP contribution in [0.4, 0.5) is 0 Å². The lowest BCUT2D eigenvalue weighted by Gasteiger charge is -2.30. The summed E-state index contributed by atoms with van der Waals surface area (Å²) < 4.78 is 15.8. The fourth-order valence-electron chi connectivity index (χ4n) is 3.39. The monoisotopic (exact) mass is 383 g/mol. The number of ether oxygens (including phenoxy) is 3. The minimum absolute atomic E-state index is 0.0564. The molecule has 1 heterocycles. The van der Waals surface area contributed by atoms with E-state index < -0.39 is 12.1 Å². The van der Waals surface area contributed by atoms with Crippen molar-refractivity contribution in [3.63, 3.8) is 0 Å². The number of amides is 1. The molecule has 2 aromatic rings. The average Bonchev–Trinajstić information content (AvgIpc) is 2.72. The average molecular weight is 383 g/mol. The number of hydrogen-bond donors (Lipinski definition) is 0. The third kappa shape index (κ3) is 4.44. The summed E-state index contributed by atoms with van der Waals surface area (Å²) in [7, 11) is 3.09. The second-order valence-electron chi connectivity index (χ2n) is 6.78. The molecule has 1 aliphatic heterocycles. The lowest BCUT2D eigenvalue weighted by Crippen LogP contribution is -2.42. The van der Waals surface area contributed by atoms with E-state index in [0.717, 1.165) is 17.5 Å². The summed E-state index contributed by atoms with van der Waals surface area (Å²) in [6, 6.07) is 13.3. The van der Waals surface area contributed by atoms with Crippen molar-refractivity contribution in [3.8, 4) is 11.5 Å². The molecular formula is C22H25NO5.